The highest BCUT2D eigenvalue weighted by atomic mass is 79.9. The van der Waals surface area contributed by atoms with Crippen LogP contribution >= 0.6 is 27.5 Å². The second kappa shape index (κ2) is 8.55. The van der Waals surface area contributed by atoms with Gasteiger partial charge in [0.1, 0.15) is 11.6 Å². The standard InChI is InChI=1S/C17H6BrClF7N3O3/c18-10-4-9(15(20,16(21,22)23)17(24,25)26)5-11(19)13(10)28-14(30)7-1-2-8(6-27)12(3-7)29(31)32/h1-5H,(H,28,30). The molecule has 0 radical (unpaired) electrons. The highest BCUT2D eigenvalue weighted by Gasteiger charge is 2.73. The van der Waals surface area contributed by atoms with Crippen LogP contribution in [0.1, 0.15) is 21.5 Å². The summed E-state index contributed by atoms with van der Waals surface area (Å²) in [6.45, 7) is 0. The van der Waals surface area contributed by atoms with Crippen LogP contribution < -0.4 is 5.32 Å². The van der Waals surface area contributed by atoms with E-state index in [2.05, 4.69) is 15.9 Å². The fourth-order valence-corrected chi connectivity index (χ4v) is 3.42. The number of halogens is 9. The minimum Gasteiger partial charge on any atom is -0.320 e. The summed E-state index contributed by atoms with van der Waals surface area (Å²) in [5.41, 5.74) is -9.64. The van der Waals surface area contributed by atoms with Crippen molar-refractivity contribution in [2.45, 2.75) is 18.0 Å². The minimum absolute atomic E-state index is 0.0458. The number of alkyl halides is 7. The zero-order valence-corrected chi connectivity index (χ0v) is 17.2. The van der Waals surface area contributed by atoms with E-state index in [4.69, 9.17) is 16.9 Å². The molecular weight excluding hydrogens is 543 g/mol. The fraction of sp³-hybridized carbons (Fsp3) is 0.176. The van der Waals surface area contributed by atoms with Crippen molar-refractivity contribution in [3.05, 3.63) is 66.6 Å². The highest BCUT2D eigenvalue weighted by Crippen LogP contribution is 2.54. The molecular formula is C17H6BrClF7N3O3. The first-order chi connectivity index (χ1) is 14.5. The molecule has 0 bridgehead atoms. The van der Waals surface area contributed by atoms with E-state index in [0.717, 1.165) is 18.2 Å². The Kier molecular flexibility index (Phi) is 6.77. The Labute approximate surface area is 186 Å². The van der Waals surface area contributed by atoms with Crippen LogP contribution in [0.15, 0.2) is 34.8 Å². The van der Waals surface area contributed by atoms with Gasteiger partial charge in [0.15, 0.2) is 0 Å². The van der Waals surface area contributed by atoms with E-state index in [1.165, 1.54) is 6.07 Å². The van der Waals surface area contributed by atoms with Crippen molar-refractivity contribution in [3.8, 4) is 6.07 Å². The molecule has 0 atom stereocenters. The van der Waals surface area contributed by atoms with Crippen LogP contribution in [0, 0.1) is 21.4 Å². The zero-order valence-electron chi connectivity index (χ0n) is 14.9. The number of carbonyl (C=O) groups is 1. The van der Waals surface area contributed by atoms with E-state index in [0.29, 0.717) is 0 Å². The summed E-state index contributed by atoms with van der Waals surface area (Å²) in [5, 5.41) is 21.0. The van der Waals surface area contributed by atoms with Crippen LogP contribution in [-0.2, 0) is 5.67 Å². The lowest BCUT2D eigenvalue weighted by atomic mass is 9.94. The summed E-state index contributed by atoms with van der Waals surface area (Å²) >= 11 is 8.34. The third-order valence-electron chi connectivity index (χ3n) is 4.04. The van der Waals surface area contributed by atoms with Gasteiger partial charge < -0.3 is 5.32 Å². The molecule has 32 heavy (non-hydrogen) atoms. The number of hydrogen-bond donors (Lipinski definition) is 1. The predicted molar refractivity (Wildman–Crippen MR) is 99.8 cm³/mol. The van der Waals surface area contributed by atoms with Gasteiger partial charge in [-0.15, -0.1) is 0 Å². The molecule has 0 heterocycles. The van der Waals surface area contributed by atoms with Crippen molar-refractivity contribution in [3.63, 3.8) is 0 Å². The molecule has 15 heteroatoms. The van der Waals surface area contributed by atoms with Crippen molar-refractivity contribution >= 4 is 44.8 Å². The number of rotatable bonds is 4. The smallest absolute Gasteiger partial charge is 0.320 e. The normalized spacial score (nSPS) is 12.2. The van der Waals surface area contributed by atoms with Gasteiger partial charge in [-0.1, -0.05) is 11.6 Å². The van der Waals surface area contributed by atoms with Gasteiger partial charge in [-0.2, -0.15) is 31.6 Å². The second-order valence-corrected chi connectivity index (χ2v) is 7.29. The Hall–Kier alpha value is -2.92. The number of hydrogen-bond acceptors (Lipinski definition) is 4. The first-order valence-electron chi connectivity index (χ1n) is 7.86. The molecule has 6 nitrogen and oxygen atoms in total. The Morgan fingerprint density at radius 1 is 1.09 bits per heavy atom. The molecule has 2 rings (SSSR count). The van der Waals surface area contributed by atoms with Crippen molar-refractivity contribution in [2.24, 2.45) is 0 Å². The molecule has 0 fully saturated rings. The molecule has 170 valence electrons. The third kappa shape index (κ3) is 4.49. The maximum Gasteiger partial charge on any atom is 0.435 e. The van der Waals surface area contributed by atoms with Gasteiger partial charge in [-0.25, -0.2) is 4.39 Å². The molecule has 0 aromatic heterocycles. The van der Waals surface area contributed by atoms with Crippen molar-refractivity contribution < 1.29 is 40.5 Å². The number of amides is 1. The minimum atomic E-state index is -6.37. The first-order valence-corrected chi connectivity index (χ1v) is 9.03. The number of benzene rings is 2. The predicted octanol–water partition coefficient (Wildman–Crippen LogP) is 6.42. The van der Waals surface area contributed by atoms with E-state index in [-0.39, 0.29) is 23.3 Å². The average molecular weight is 549 g/mol. The number of nitrogens with zero attached hydrogens (tertiary/aromatic N) is 2. The monoisotopic (exact) mass is 547 g/mol. The van der Waals surface area contributed by atoms with Crippen LogP contribution in [-0.4, -0.2) is 23.2 Å². The molecule has 2 aromatic rings. The van der Waals surface area contributed by atoms with Crippen molar-refractivity contribution in [1.82, 2.24) is 0 Å². The number of nitro benzene ring substituents is 1. The molecule has 0 unspecified atom stereocenters. The molecule has 0 aliphatic rings. The van der Waals surface area contributed by atoms with E-state index in [9.17, 15) is 45.6 Å². The summed E-state index contributed by atoms with van der Waals surface area (Å²) < 4.78 is 91.3. The molecule has 0 aliphatic heterocycles. The van der Waals surface area contributed by atoms with Gasteiger partial charge >= 0.3 is 18.0 Å². The number of nitrogens with one attached hydrogen (secondary N) is 1. The van der Waals surface area contributed by atoms with Crippen molar-refractivity contribution in [1.29, 1.82) is 5.26 Å². The third-order valence-corrected chi connectivity index (χ3v) is 4.96. The number of carbonyl (C=O) groups excluding carboxylic acids is 1. The number of nitro groups is 1. The van der Waals surface area contributed by atoms with Gasteiger partial charge in [-0.05, 0) is 40.2 Å². The summed E-state index contributed by atoms with van der Waals surface area (Å²) in [4.78, 5) is 22.4. The molecule has 0 saturated heterocycles. The van der Waals surface area contributed by atoms with Crippen LogP contribution in [0.4, 0.5) is 42.1 Å². The van der Waals surface area contributed by atoms with Crippen LogP contribution in [0.2, 0.25) is 5.02 Å². The van der Waals surface area contributed by atoms with E-state index in [1.807, 2.05) is 5.32 Å². The molecule has 1 amide bonds. The summed E-state index contributed by atoms with van der Waals surface area (Å²) in [7, 11) is 0. The summed E-state index contributed by atoms with van der Waals surface area (Å²) in [5.74, 6) is -1.11. The molecule has 0 saturated carbocycles. The Balaban J connectivity index is 2.50. The zero-order chi connectivity index (χ0) is 24.6. The Bertz CT molecular complexity index is 1110. The summed E-state index contributed by atoms with van der Waals surface area (Å²) in [6, 6.07) is 4.41. The van der Waals surface area contributed by atoms with Gasteiger partial charge in [0, 0.05) is 21.7 Å². The molecule has 1 N–H and O–H groups in total. The fourth-order valence-electron chi connectivity index (χ4n) is 2.48. The maximum absolute atomic E-state index is 14.2. The Morgan fingerprint density at radius 3 is 2.09 bits per heavy atom. The Morgan fingerprint density at radius 2 is 1.66 bits per heavy atom. The quantitative estimate of drug-likeness (QED) is 0.271. The van der Waals surface area contributed by atoms with Crippen LogP contribution in [0.5, 0.6) is 0 Å². The molecule has 0 spiro atoms. The topological polar surface area (TPSA) is 96.0 Å². The number of anilines is 1. The van der Waals surface area contributed by atoms with E-state index in [1.54, 1.807) is 0 Å². The van der Waals surface area contributed by atoms with Gasteiger partial charge in [-0.3, -0.25) is 14.9 Å². The average Bonchev–Trinajstić information content (AvgIpc) is 2.67. The first kappa shape index (κ1) is 25.3. The second-order valence-electron chi connectivity index (χ2n) is 6.02. The highest BCUT2D eigenvalue weighted by molar-refractivity contribution is 9.10. The summed E-state index contributed by atoms with van der Waals surface area (Å²) in [6.07, 6.45) is -12.7. The van der Waals surface area contributed by atoms with Gasteiger partial charge in [0.05, 0.1) is 15.6 Å². The lowest BCUT2D eigenvalue weighted by Crippen LogP contribution is -2.50. The largest absolute Gasteiger partial charge is 0.435 e. The lowest BCUT2D eigenvalue weighted by Gasteiger charge is -2.30. The van der Waals surface area contributed by atoms with Crippen molar-refractivity contribution in [2.75, 3.05) is 5.32 Å². The SMILES string of the molecule is N#Cc1ccc(C(=O)Nc2c(Cl)cc(C(F)(C(F)(F)F)C(F)(F)F)cc2Br)cc1[N+](=O)[O-]. The van der Waals surface area contributed by atoms with Gasteiger partial charge in [0.25, 0.3) is 11.6 Å². The maximum atomic E-state index is 14.2. The van der Waals surface area contributed by atoms with Gasteiger partial charge in [0.2, 0.25) is 0 Å². The van der Waals surface area contributed by atoms with E-state index >= 15 is 0 Å². The van der Waals surface area contributed by atoms with Crippen LogP contribution in [0.25, 0.3) is 0 Å². The van der Waals surface area contributed by atoms with E-state index < -0.39 is 55.3 Å². The molecule has 2 aromatic carbocycles. The molecule has 0 aliphatic carbocycles. The lowest BCUT2D eigenvalue weighted by molar-refractivity contribution is -0.385. The number of nitriles is 1. The van der Waals surface area contributed by atoms with Crippen LogP contribution in [0.3, 0.4) is 0 Å².